The number of nitrogens with zero attached hydrogens (tertiary/aromatic N) is 1. The molecule has 23 heavy (non-hydrogen) atoms. The third-order valence-corrected chi connectivity index (χ3v) is 7.26. The third-order valence-electron chi connectivity index (χ3n) is 5.44. The lowest BCUT2D eigenvalue weighted by Gasteiger charge is -2.28. The van der Waals surface area contributed by atoms with Crippen molar-refractivity contribution in [2.24, 2.45) is 11.3 Å². The van der Waals surface area contributed by atoms with Crippen LogP contribution in [0.5, 0.6) is 0 Å². The first-order valence-corrected chi connectivity index (χ1v) is 9.61. The standard InChI is InChI=1S/C17H24N2O3S/c1-13-5-7-14(8-6-13)23(21,22)19-11-15(16(20)18-2)17(12-19)9-3-4-10-17/h5-8,15H,3-4,9-12H2,1-2H3,(H,18,20)/t15-/m1/s1. The number of rotatable bonds is 3. The maximum atomic E-state index is 12.9. The van der Waals surface area contributed by atoms with Crippen molar-refractivity contribution in [2.45, 2.75) is 37.5 Å². The first-order chi connectivity index (χ1) is 10.9. The van der Waals surface area contributed by atoms with Gasteiger partial charge in [0.2, 0.25) is 15.9 Å². The first kappa shape index (κ1) is 16.5. The van der Waals surface area contributed by atoms with Gasteiger partial charge in [-0.25, -0.2) is 8.42 Å². The van der Waals surface area contributed by atoms with Gasteiger partial charge in [0.05, 0.1) is 10.8 Å². The van der Waals surface area contributed by atoms with Crippen LogP contribution in [-0.2, 0) is 14.8 Å². The first-order valence-electron chi connectivity index (χ1n) is 8.17. The van der Waals surface area contributed by atoms with E-state index in [-0.39, 0.29) is 23.8 Å². The van der Waals surface area contributed by atoms with Crippen molar-refractivity contribution in [3.63, 3.8) is 0 Å². The number of hydrogen-bond donors (Lipinski definition) is 1. The second-order valence-electron chi connectivity index (χ2n) is 6.85. The van der Waals surface area contributed by atoms with Gasteiger partial charge in [-0.05, 0) is 37.3 Å². The lowest BCUT2D eigenvalue weighted by molar-refractivity contribution is -0.127. The quantitative estimate of drug-likeness (QED) is 0.917. The van der Waals surface area contributed by atoms with Crippen LogP contribution >= 0.6 is 0 Å². The maximum absolute atomic E-state index is 12.9. The molecule has 0 bridgehead atoms. The molecule has 2 aliphatic rings. The van der Waals surface area contributed by atoms with E-state index in [1.54, 1.807) is 19.2 Å². The smallest absolute Gasteiger partial charge is 0.243 e. The van der Waals surface area contributed by atoms with E-state index >= 15 is 0 Å². The minimum absolute atomic E-state index is 0.0338. The Bertz CT molecular complexity index is 691. The highest BCUT2D eigenvalue weighted by Crippen LogP contribution is 2.50. The van der Waals surface area contributed by atoms with Crippen LogP contribution < -0.4 is 5.32 Å². The van der Waals surface area contributed by atoms with E-state index in [9.17, 15) is 13.2 Å². The number of hydrogen-bond acceptors (Lipinski definition) is 3. The molecule has 1 aliphatic carbocycles. The van der Waals surface area contributed by atoms with Crippen molar-refractivity contribution in [2.75, 3.05) is 20.1 Å². The highest BCUT2D eigenvalue weighted by molar-refractivity contribution is 7.89. The molecule has 0 radical (unpaired) electrons. The molecular formula is C17H24N2O3S. The molecule has 1 aromatic rings. The summed E-state index contributed by atoms with van der Waals surface area (Å²) >= 11 is 0. The average Bonchev–Trinajstić information content (AvgIpc) is 3.15. The molecule has 1 heterocycles. The van der Waals surface area contributed by atoms with Crippen LogP contribution in [0.3, 0.4) is 0 Å². The van der Waals surface area contributed by atoms with Crippen LogP contribution in [0.4, 0.5) is 0 Å². The molecule has 1 aromatic carbocycles. The number of nitrogens with one attached hydrogen (secondary N) is 1. The van der Waals surface area contributed by atoms with Gasteiger partial charge in [0.1, 0.15) is 0 Å². The Hall–Kier alpha value is -1.40. The van der Waals surface area contributed by atoms with E-state index in [1.807, 2.05) is 19.1 Å². The van der Waals surface area contributed by atoms with Gasteiger partial charge in [0.15, 0.2) is 0 Å². The summed E-state index contributed by atoms with van der Waals surface area (Å²) < 4.78 is 27.4. The Morgan fingerprint density at radius 1 is 1.22 bits per heavy atom. The van der Waals surface area contributed by atoms with E-state index in [4.69, 9.17) is 0 Å². The van der Waals surface area contributed by atoms with Gasteiger partial charge < -0.3 is 5.32 Å². The number of benzene rings is 1. The molecule has 6 heteroatoms. The predicted octanol–water partition coefficient (Wildman–Crippen LogP) is 1.92. The topological polar surface area (TPSA) is 66.5 Å². The summed E-state index contributed by atoms with van der Waals surface area (Å²) in [5.74, 6) is -0.274. The van der Waals surface area contributed by atoms with Crippen molar-refractivity contribution >= 4 is 15.9 Å². The van der Waals surface area contributed by atoms with Crippen molar-refractivity contribution in [1.29, 1.82) is 0 Å². The van der Waals surface area contributed by atoms with Crippen LogP contribution in [0.1, 0.15) is 31.2 Å². The largest absolute Gasteiger partial charge is 0.359 e. The number of carbonyl (C=O) groups excluding carboxylic acids is 1. The SMILES string of the molecule is CNC(=O)[C@H]1CN(S(=O)(=O)c2ccc(C)cc2)CC12CCCC2. The lowest BCUT2D eigenvalue weighted by atomic mass is 9.76. The van der Waals surface area contributed by atoms with Crippen LogP contribution in [0.25, 0.3) is 0 Å². The van der Waals surface area contributed by atoms with Crippen molar-refractivity contribution in [3.05, 3.63) is 29.8 Å². The van der Waals surface area contributed by atoms with Gasteiger partial charge in [-0.3, -0.25) is 4.79 Å². The number of carbonyl (C=O) groups is 1. The number of amides is 1. The zero-order valence-electron chi connectivity index (χ0n) is 13.7. The molecule has 0 aromatic heterocycles. The monoisotopic (exact) mass is 336 g/mol. The van der Waals surface area contributed by atoms with Crippen LogP contribution in [0.2, 0.25) is 0 Å². The molecule has 1 saturated carbocycles. The van der Waals surface area contributed by atoms with Crippen LogP contribution in [0, 0.1) is 18.3 Å². The van der Waals surface area contributed by atoms with Crippen molar-refractivity contribution in [1.82, 2.24) is 9.62 Å². The minimum atomic E-state index is -3.54. The Morgan fingerprint density at radius 2 is 1.83 bits per heavy atom. The maximum Gasteiger partial charge on any atom is 0.243 e. The zero-order valence-corrected chi connectivity index (χ0v) is 14.5. The molecule has 5 nitrogen and oxygen atoms in total. The van der Waals surface area contributed by atoms with Gasteiger partial charge in [0, 0.05) is 20.1 Å². The van der Waals surface area contributed by atoms with Crippen LogP contribution in [-0.4, -0.2) is 38.8 Å². The zero-order chi connectivity index (χ0) is 16.7. The molecule has 0 unspecified atom stereocenters. The van der Waals surface area contributed by atoms with Crippen molar-refractivity contribution < 1.29 is 13.2 Å². The third kappa shape index (κ3) is 2.78. The molecule has 1 N–H and O–H groups in total. The van der Waals surface area contributed by atoms with E-state index in [0.29, 0.717) is 11.4 Å². The van der Waals surface area contributed by atoms with Crippen molar-refractivity contribution in [3.8, 4) is 0 Å². The molecule has 1 saturated heterocycles. The summed E-state index contributed by atoms with van der Waals surface area (Å²) in [4.78, 5) is 12.6. The predicted molar refractivity (Wildman–Crippen MR) is 88.4 cm³/mol. The Kier molecular flexibility index (Phi) is 4.23. The highest BCUT2D eigenvalue weighted by Gasteiger charge is 2.53. The average molecular weight is 336 g/mol. The lowest BCUT2D eigenvalue weighted by Crippen LogP contribution is -2.38. The number of aryl methyl sites for hydroxylation is 1. The second-order valence-corrected chi connectivity index (χ2v) is 8.78. The highest BCUT2D eigenvalue weighted by atomic mass is 32.2. The summed E-state index contributed by atoms with van der Waals surface area (Å²) in [5.41, 5.74) is 0.846. The Balaban J connectivity index is 1.92. The van der Waals surface area contributed by atoms with E-state index < -0.39 is 10.0 Å². The molecule has 3 rings (SSSR count). The fraction of sp³-hybridized carbons (Fsp3) is 0.588. The molecule has 2 fully saturated rings. The normalized spacial score (nSPS) is 24.2. The van der Waals surface area contributed by atoms with Gasteiger partial charge in [-0.2, -0.15) is 4.31 Å². The Labute approximate surface area is 138 Å². The molecule has 1 amide bonds. The second kappa shape index (κ2) is 5.91. The molecular weight excluding hydrogens is 312 g/mol. The van der Waals surface area contributed by atoms with E-state index in [1.165, 1.54) is 4.31 Å². The summed E-state index contributed by atoms with van der Waals surface area (Å²) in [6.45, 7) is 2.68. The van der Waals surface area contributed by atoms with Gasteiger partial charge in [0.25, 0.3) is 0 Å². The molecule has 1 atom stereocenters. The van der Waals surface area contributed by atoms with Gasteiger partial charge in [-0.15, -0.1) is 0 Å². The van der Waals surface area contributed by atoms with Crippen LogP contribution in [0.15, 0.2) is 29.2 Å². The molecule has 126 valence electrons. The summed E-state index contributed by atoms with van der Waals surface area (Å²) in [6, 6.07) is 6.92. The summed E-state index contributed by atoms with van der Waals surface area (Å²) in [6.07, 6.45) is 4.02. The Morgan fingerprint density at radius 3 is 2.39 bits per heavy atom. The molecule has 1 aliphatic heterocycles. The fourth-order valence-electron chi connectivity index (χ4n) is 4.09. The summed E-state index contributed by atoms with van der Waals surface area (Å²) in [7, 11) is -1.91. The molecule has 1 spiro atoms. The summed E-state index contributed by atoms with van der Waals surface area (Å²) in [5, 5.41) is 2.72. The fourth-order valence-corrected chi connectivity index (χ4v) is 5.64. The minimum Gasteiger partial charge on any atom is -0.359 e. The number of sulfonamides is 1. The van der Waals surface area contributed by atoms with E-state index in [0.717, 1.165) is 31.2 Å². The van der Waals surface area contributed by atoms with Gasteiger partial charge in [-0.1, -0.05) is 30.5 Å². The van der Waals surface area contributed by atoms with Gasteiger partial charge >= 0.3 is 0 Å². The van der Waals surface area contributed by atoms with E-state index in [2.05, 4.69) is 5.32 Å².